The molecule has 0 aliphatic carbocycles. The van der Waals surface area contributed by atoms with Gasteiger partial charge in [0.05, 0.1) is 23.0 Å². The first-order valence-electron chi connectivity index (χ1n) is 8.75. The molecule has 7 nitrogen and oxygen atoms in total. The van der Waals surface area contributed by atoms with Crippen LogP contribution in [0.4, 0.5) is 13.2 Å². The van der Waals surface area contributed by atoms with Crippen LogP contribution in [0.2, 0.25) is 0 Å². The molecule has 0 radical (unpaired) electrons. The highest BCUT2D eigenvalue weighted by molar-refractivity contribution is 5.61. The lowest BCUT2D eigenvalue weighted by molar-refractivity contribution is -0.137. The molecule has 0 aliphatic rings. The van der Waals surface area contributed by atoms with Crippen molar-refractivity contribution in [2.45, 2.75) is 12.8 Å². The number of alkyl halides is 3. The maximum atomic E-state index is 12.7. The van der Waals surface area contributed by atoms with Gasteiger partial charge >= 0.3 is 6.18 Å². The number of halogens is 3. The average molecular weight is 416 g/mol. The van der Waals surface area contributed by atoms with Crippen LogP contribution < -0.4 is 4.74 Å². The minimum absolute atomic E-state index is 0.0358. The molecule has 0 fully saturated rings. The molecule has 1 N–H and O–H groups in total. The normalized spacial score (nSPS) is 11.6. The summed E-state index contributed by atoms with van der Waals surface area (Å²) in [5.41, 5.74) is 1.07. The highest BCUT2D eigenvalue weighted by Gasteiger charge is 2.30. The highest BCUT2D eigenvalue weighted by atomic mass is 19.4. The van der Waals surface area contributed by atoms with Gasteiger partial charge in [-0.2, -0.15) is 23.3 Å². The van der Waals surface area contributed by atoms with Crippen LogP contribution in [0.3, 0.4) is 0 Å². The van der Waals surface area contributed by atoms with E-state index in [1.54, 1.807) is 30.1 Å². The van der Waals surface area contributed by atoms with E-state index in [0.717, 1.165) is 12.1 Å². The van der Waals surface area contributed by atoms with E-state index in [-0.39, 0.29) is 24.0 Å². The van der Waals surface area contributed by atoms with Crippen molar-refractivity contribution in [1.29, 1.82) is 0 Å². The Morgan fingerprint density at radius 1 is 1.07 bits per heavy atom. The second-order valence-electron chi connectivity index (χ2n) is 6.41. The van der Waals surface area contributed by atoms with Crippen LogP contribution in [0, 0.1) is 0 Å². The van der Waals surface area contributed by atoms with Crippen molar-refractivity contribution in [1.82, 2.24) is 19.9 Å². The summed E-state index contributed by atoms with van der Waals surface area (Å²) in [6.07, 6.45) is -2.86. The number of nitrogens with zero attached hydrogens (tertiary/aromatic N) is 4. The van der Waals surface area contributed by atoms with Crippen LogP contribution >= 0.6 is 0 Å². The van der Waals surface area contributed by atoms with Crippen LogP contribution in [0.5, 0.6) is 11.5 Å². The fraction of sp³-hybridized carbons (Fsp3) is 0.150. The van der Waals surface area contributed by atoms with Crippen molar-refractivity contribution < 1.29 is 27.5 Å². The van der Waals surface area contributed by atoms with Gasteiger partial charge in [0.15, 0.2) is 0 Å². The number of ether oxygens (including phenoxy) is 1. The summed E-state index contributed by atoms with van der Waals surface area (Å²) in [5.74, 6) is 0.962. The van der Waals surface area contributed by atoms with Gasteiger partial charge in [-0.15, -0.1) is 0 Å². The number of aromatic hydroxyl groups is 1. The number of rotatable bonds is 5. The maximum Gasteiger partial charge on any atom is 0.416 e. The average Bonchev–Trinajstić information content (AvgIpc) is 3.33. The van der Waals surface area contributed by atoms with Crippen molar-refractivity contribution in [3.63, 3.8) is 0 Å². The number of aryl methyl sites for hydroxylation is 1. The third kappa shape index (κ3) is 3.97. The number of hydrogen-bond acceptors (Lipinski definition) is 6. The molecule has 4 rings (SSSR count). The van der Waals surface area contributed by atoms with Crippen LogP contribution in [0.1, 0.15) is 11.3 Å². The Hall–Kier alpha value is -3.82. The molecule has 0 spiro atoms. The van der Waals surface area contributed by atoms with Crippen LogP contribution in [0.15, 0.2) is 59.3 Å². The molecule has 0 aliphatic heterocycles. The van der Waals surface area contributed by atoms with E-state index in [4.69, 9.17) is 9.26 Å². The predicted molar refractivity (Wildman–Crippen MR) is 99.4 cm³/mol. The molecule has 2 heterocycles. The van der Waals surface area contributed by atoms with Crippen molar-refractivity contribution >= 4 is 0 Å². The second kappa shape index (κ2) is 7.54. The summed E-state index contributed by atoms with van der Waals surface area (Å²) in [7, 11) is 1.70. The van der Waals surface area contributed by atoms with Gasteiger partial charge < -0.3 is 14.4 Å². The Kier molecular flexibility index (Phi) is 4.90. The van der Waals surface area contributed by atoms with Gasteiger partial charge in [-0.1, -0.05) is 5.16 Å². The smallest absolute Gasteiger partial charge is 0.416 e. The Balaban J connectivity index is 1.53. The second-order valence-corrected chi connectivity index (χ2v) is 6.41. The molecule has 0 bridgehead atoms. The SMILES string of the molecule is Cn1ncc(-c2nc(-c3ccc(O)cc3)no2)c1COc1ccc(C(F)(F)F)cc1. The number of aromatic nitrogens is 4. The highest BCUT2D eigenvalue weighted by Crippen LogP contribution is 2.31. The van der Waals surface area contributed by atoms with E-state index in [1.807, 2.05) is 0 Å². The fourth-order valence-electron chi connectivity index (χ4n) is 2.77. The molecule has 154 valence electrons. The zero-order valence-electron chi connectivity index (χ0n) is 15.6. The summed E-state index contributed by atoms with van der Waals surface area (Å²) in [6.45, 7) is 0.0358. The molecule has 0 saturated carbocycles. The van der Waals surface area contributed by atoms with E-state index in [0.29, 0.717) is 22.6 Å². The molecular weight excluding hydrogens is 401 g/mol. The molecule has 0 unspecified atom stereocenters. The predicted octanol–water partition coefficient (Wildman–Crippen LogP) is 4.44. The quantitative estimate of drug-likeness (QED) is 0.518. The summed E-state index contributed by atoms with van der Waals surface area (Å²) in [6, 6.07) is 10.8. The minimum Gasteiger partial charge on any atom is -0.508 e. The van der Waals surface area contributed by atoms with Crippen molar-refractivity contribution in [3.8, 4) is 34.3 Å². The molecule has 2 aromatic carbocycles. The largest absolute Gasteiger partial charge is 0.508 e. The number of benzene rings is 2. The monoisotopic (exact) mass is 416 g/mol. The summed E-state index contributed by atoms with van der Waals surface area (Å²) in [5, 5.41) is 17.5. The van der Waals surface area contributed by atoms with Gasteiger partial charge in [0, 0.05) is 12.6 Å². The minimum atomic E-state index is -4.40. The summed E-state index contributed by atoms with van der Waals surface area (Å²) < 4.78 is 50.6. The van der Waals surface area contributed by atoms with Gasteiger partial charge in [0.25, 0.3) is 5.89 Å². The van der Waals surface area contributed by atoms with Gasteiger partial charge in [0.1, 0.15) is 18.1 Å². The van der Waals surface area contributed by atoms with Crippen molar-refractivity contribution in [2.75, 3.05) is 0 Å². The summed E-state index contributed by atoms with van der Waals surface area (Å²) >= 11 is 0. The van der Waals surface area contributed by atoms with Crippen molar-refractivity contribution in [2.24, 2.45) is 7.05 Å². The standard InChI is InChI=1S/C20H15F3N4O3/c1-27-17(11-29-15-8-4-13(5-9-15)20(21,22)23)16(10-24-27)19-25-18(26-30-19)12-2-6-14(28)7-3-12/h2-10,28H,11H2,1H3. The van der Waals surface area contributed by atoms with Gasteiger partial charge in [-0.3, -0.25) is 4.68 Å². The molecule has 10 heteroatoms. The Morgan fingerprint density at radius 2 is 1.77 bits per heavy atom. The van der Waals surface area contributed by atoms with E-state index < -0.39 is 11.7 Å². The fourth-order valence-corrected chi connectivity index (χ4v) is 2.77. The lowest BCUT2D eigenvalue weighted by Gasteiger charge is -2.10. The molecule has 2 aromatic heterocycles. The number of phenolic OH excluding ortho intramolecular Hbond substituents is 1. The van der Waals surface area contributed by atoms with Crippen LogP contribution in [-0.2, 0) is 19.8 Å². The Bertz CT molecular complexity index is 1150. The third-order valence-corrected chi connectivity index (χ3v) is 4.40. The molecule has 0 atom stereocenters. The van der Waals surface area contributed by atoms with E-state index in [2.05, 4.69) is 15.2 Å². The maximum absolute atomic E-state index is 12.7. The van der Waals surface area contributed by atoms with Crippen LogP contribution in [-0.4, -0.2) is 25.0 Å². The molecule has 4 aromatic rings. The van der Waals surface area contributed by atoms with Crippen LogP contribution in [0.25, 0.3) is 22.8 Å². The lowest BCUT2D eigenvalue weighted by atomic mass is 10.2. The number of hydrogen-bond donors (Lipinski definition) is 1. The summed E-state index contributed by atoms with van der Waals surface area (Å²) in [4.78, 5) is 4.35. The lowest BCUT2D eigenvalue weighted by Crippen LogP contribution is -2.06. The van der Waals surface area contributed by atoms with E-state index in [9.17, 15) is 18.3 Å². The third-order valence-electron chi connectivity index (χ3n) is 4.40. The first-order valence-corrected chi connectivity index (χ1v) is 8.75. The van der Waals surface area contributed by atoms with Gasteiger partial charge in [0.2, 0.25) is 5.82 Å². The molecular formula is C20H15F3N4O3. The van der Waals surface area contributed by atoms with Crippen molar-refractivity contribution in [3.05, 3.63) is 66.0 Å². The van der Waals surface area contributed by atoms with Gasteiger partial charge in [-0.25, -0.2) is 0 Å². The molecule has 0 saturated heterocycles. The van der Waals surface area contributed by atoms with E-state index in [1.165, 1.54) is 24.3 Å². The van der Waals surface area contributed by atoms with E-state index >= 15 is 0 Å². The Labute approximate surface area is 168 Å². The topological polar surface area (TPSA) is 86.2 Å². The first-order chi connectivity index (χ1) is 14.3. The molecule has 0 amide bonds. The zero-order valence-corrected chi connectivity index (χ0v) is 15.6. The molecule has 30 heavy (non-hydrogen) atoms. The van der Waals surface area contributed by atoms with Gasteiger partial charge in [-0.05, 0) is 48.5 Å². The number of phenols is 1. The zero-order chi connectivity index (χ0) is 21.3. The Morgan fingerprint density at radius 3 is 2.43 bits per heavy atom. The first kappa shape index (κ1) is 19.5.